The van der Waals surface area contributed by atoms with Gasteiger partial charge in [-0.05, 0) is 231 Å². The highest BCUT2D eigenvalue weighted by atomic mass is 127. The van der Waals surface area contributed by atoms with E-state index in [4.69, 9.17) is 8.83 Å². The van der Waals surface area contributed by atoms with Crippen molar-refractivity contribution in [2.24, 2.45) is 0 Å². The highest BCUT2D eigenvalue weighted by molar-refractivity contribution is 14.1. The van der Waals surface area contributed by atoms with E-state index in [2.05, 4.69) is 382 Å². The van der Waals surface area contributed by atoms with E-state index in [9.17, 15) is 10.0 Å². The number of rotatable bonds is 8. The first-order chi connectivity index (χ1) is 56.2. The monoisotopic (exact) mass is 1700 g/mol. The van der Waals surface area contributed by atoms with Crippen LogP contribution >= 0.6 is 54.5 Å². The van der Waals surface area contributed by atoms with Crippen LogP contribution in [0.4, 0.5) is 0 Å². The fraction of sp³-hybridized carbons (Fsp3) is 0. The summed E-state index contributed by atoms with van der Waals surface area (Å²) in [6.45, 7) is 0. The van der Waals surface area contributed by atoms with Crippen molar-refractivity contribution in [3.8, 4) is 122 Å². The fourth-order valence-corrected chi connectivity index (χ4v) is 18.4. The summed E-state index contributed by atoms with van der Waals surface area (Å²) in [5, 5.41) is 34.4. The molecule has 0 spiro atoms. The predicted octanol–water partition coefficient (Wildman–Crippen LogP) is 29.9. The van der Waals surface area contributed by atoms with Crippen LogP contribution in [-0.4, -0.2) is 17.2 Å². The zero-order chi connectivity index (χ0) is 76.5. The van der Waals surface area contributed by atoms with Crippen molar-refractivity contribution in [2.45, 2.75) is 0 Å². The molecule has 2 aromatic heterocycles. The van der Waals surface area contributed by atoms with Gasteiger partial charge in [-0.1, -0.05) is 372 Å². The van der Waals surface area contributed by atoms with Gasteiger partial charge in [-0.15, -0.1) is 0 Å². The predicted molar refractivity (Wildman–Crippen MR) is 495 cm³/mol. The van der Waals surface area contributed by atoms with Gasteiger partial charge in [0.25, 0.3) is 0 Å². The maximum atomic E-state index is 10.1. The second-order valence-electron chi connectivity index (χ2n) is 28.8. The van der Waals surface area contributed by atoms with Crippen LogP contribution in [0.1, 0.15) is 0 Å². The zero-order valence-electron chi connectivity index (χ0n) is 61.4. The minimum atomic E-state index is -1.52. The Morgan fingerprint density at radius 1 is 0.211 bits per heavy atom. The molecule has 114 heavy (non-hydrogen) atoms. The van der Waals surface area contributed by atoms with Crippen LogP contribution in [-0.2, 0) is 0 Å². The van der Waals surface area contributed by atoms with Crippen molar-refractivity contribution in [1.29, 1.82) is 0 Å². The molecule has 4 nitrogen and oxygen atoms in total. The molecule has 19 aromatic carbocycles. The molecule has 0 bridgehead atoms. The van der Waals surface area contributed by atoms with Crippen molar-refractivity contribution in [2.75, 3.05) is 0 Å². The van der Waals surface area contributed by atoms with Crippen LogP contribution in [0, 0.1) is 3.57 Å². The second-order valence-corrected chi connectivity index (χ2v) is 31.9. The molecule has 2 aliphatic carbocycles. The number of furan rings is 2. The van der Waals surface area contributed by atoms with Crippen molar-refractivity contribution in [3.05, 3.63) is 401 Å². The van der Waals surface area contributed by atoms with Gasteiger partial charge in [-0.3, -0.25) is 0 Å². The summed E-state index contributed by atoms with van der Waals surface area (Å²) in [6, 6.07) is 137. The van der Waals surface area contributed by atoms with Crippen LogP contribution in [0.2, 0.25) is 0 Å². The van der Waals surface area contributed by atoms with Crippen molar-refractivity contribution in [3.63, 3.8) is 0 Å². The summed E-state index contributed by atoms with van der Waals surface area (Å²) < 4.78 is 15.9. The third-order valence-electron chi connectivity index (χ3n) is 22.4. The molecule has 21 aromatic rings. The number of hydrogen-bond acceptors (Lipinski definition) is 4. The van der Waals surface area contributed by atoms with Crippen LogP contribution in [0.25, 0.3) is 209 Å². The summed E-state index contributed by atoms with van der Waals surface area (Å²) in [6.07, 6.45) is 0. The highest BCUT2D eigenvalue weighted by Crippen LogP contribution is 2.60. The Bertz CT molecular complexity index is 7100. The minimum Gasteiger partial charge on any atom is -0.455 e. The summed E-state index contributed by atoms with van der Waals surface area (Å²) in [7, 11) is -1.52. The second kappa shape index (κ2) is 29.9. The number of halogens is 3. The van der Waals surface area contributed by atoms with Crippen LogP contribution < -0.4 is 5.46 Å². The summed E-state index contributed by atoms with van der Waals surface area (Å²) in [5.74, 6) is 0. The Morgan fingerprint density at radius 2 is 0.491 bits per heavy atom. The van der Waals surface area contributed by atoms with E-state index < -0.39 is 7.12 Å². The smallest absolute Gasteiger partial charge is 0.455 e. The Balaban J connectivity index is 0.000000114. The molecule has 0 saturated heterocycles. The topological polar surface area (TPSA) is 66.7 Å². The van der Waals surface area contributed by atoms with E-state index in [0.29, 0.717) is 5.46 Å². The highest BCUT2D eigenvalue weighted by Gasteiger charge is 2.34. The number of hydrogen-bond donors (Lipinski definition) is 2. The Hall–Kier alpha value is -12.5. The van der Waals surface area contributed by atoms with E-state index in [-0.39, 0.29) is 0 Å². The molecule has 0 radical (unpaired) electrons. The van der Waals surface area contributed by atoms with Gasteiger partial charge in [0.05, 0.1) is 0 Å². The quantitative estimate of drug-likeness (QED) is 0.118. The molecule has 2 aliphatic rings. The van der Waals surface area contributed by atoms with Gasteiger partial charge < -0.3 is 18.9 Å². The third kappa shape index (κ3) is 12.4. The lowest BCUT2D eigenvalue weighted by atomic mass is 9.76. The van der Waals surface area contributed by atoms with Crippen LogP contribution in [0.15, 0.2) is 406 Å². The number of para-hydroxylation sites is 4. The Labute approximate surface area is 690 Å². The largest absolute Gasteiger partial charge is 0.489 e. The molecular formula is C106H66BBr2IO4. The van der Waals surface area contributed by atoms with Crippen LogP contribution in [0.3, 0.4) is 0 Å². The lowest BCUT2D eigenvalue weighted by Gasteiger charge is -2.20. The molecule has 0 aliphatic heterocycles. The van der Waals surface area contributed by atoms with Crippen LogP contribution in [0.5, 0.6) is 0 Å². The molecule has 0 amide bonds. The summed E-state index contributed by atoms with van der Waals surface area (Å²) in [4.78, 5) is 0. The van der Waals surface area contributed by atoms with Crippen molar-refractivity contribution < 1.29 is 18.9 Å². The molecule has 0 atom stereocenters. The van der Waals surface area contributed by atoms with Gasteiger partial charge in [0, 0.05) is 45.2 Å². The van der Waals surface area contributed by atoms with Gasteiger partial charge in [0.1, 0.15) is 22.3 Å². The average molecular weight is 1700 g/mol. The molecule has 538 valence electrons. The normalized spacial score (nSPS) is 11.6. The van der Waals surface area contributed by atoms with Gasteiger partial charge in [0.15, 0.2) is 0 Å². The van der Waals surface area contributed by atoms with Crippen molar-refractivity contribution in [1.82, 2.24) is 0 Å². The molecule has 2 N–H and O–H groups in total. The zero-order valence-corrected chi connectivity index (χ0v) is 66.7. The standard InChI is InChI=1S/C50H30O.C32H21BO2.C18H11BrO.C6H4BrI/c1-3-13-33(14-4-1)45-39-18-7-8-19-40(39)46(34-15-5-2-6-16-34)49-43-30-29-35(38-21-12-23-42(47(38)43)48(45)49)31-25-27-32(28-26-31)36-20-11-22-41-37-17-9-10-24-44(37)51-50(36)41;34-33(35)27-19-18-26-30-24(27)16-9-17-25(30)31-28(20-10-3-1-4-11-20)22-14-7-8-15-23(22)29(32(26)31)21-12-5-2-6-13-21;19-13-10-8-12(9-11-13)14-5-3-6-16-15-4-1-2-7-17(15)20-18(14)16;7-5-1-3-6(8)4-2-5/h1-30H;1-19,34-35H;1-11H;1-4H. The SMILES string of the molecule is Brc1ccc(-c2cccc3c2oc2ccccc23)cc1.Brc1ccc(I)cc1.OB(O)c1ccc2c3c(cccc13)-c1c-2c(-c2ccccc2)c2ccccc2c1-c1ccccc1.c1ccc(-c2c3c(c(-c4ccccc4)c4ccccc24)-c2ccc(-c4ccc(-c5cccc6c5oc5ccccc56)cc4)c4cccc-3c24)cc1. The molecule has 0 fully saturated rings. The van der Waals surface area contributed by atoms with E-state index in [0.717, 1.165) is 86.2 Å². The third-order valence-corrected chi connectivity index (χ3v) is 24.2. The maximum absolute atomic E-state index is 10.1. The van der Waals surface area contributed by atoms with Gasteiger partial charge in [-0.2, -0.15) is 0 Å². The molecule has 8 heteroatoms. The maximum Gasteiger partial charge on any atom is 0.489 e. The van der Waals surface area contributed by atoms with E-state index in [1.54, 1.807) is 0 Å². The number of fused-ring (bicyclic) bond motifs is 14. The molecule has 23 rings (SSSR count). The first-order valence-electron chi connectivity index (χ1n) is 38.2. The molecule has 0 unspecified atom stereocenters. The molecule has 0 saturated carbocycles. The average Bonchev–Trinajstić information content (AvgIpc) is 1.53. The minimum absolute atomic E-state index is 0.533. The van der Waals surface area contributed by atoms with Gasteiger partial charge >= 0.3 is 7.12 Å². The molecule has 2 heterocycles. The Morgan fingerprint density at radius 3 is 0.877 bits per heavy atom. The van der Waals surface area contributed by atoms with E-state index in [1.165, 1.54) is 136 Å². The first-order valence-corrected chi connectivity index (χ1v) is 40.8. The fourth-order valence-electron chi connectivity index (χ4n) is 17.6. The Kier molecular flexibility index (Phi) is 18.5. The first kappa shape index (κ1) is 70.6. The number of benzene rings is 19. The van der Waals surface area contributed by atoms with Crippen molar-refractivity contribution >= 4 is 154 Å². The van der Waals surface area contributed by atoms with E-state index in [1.807, 2.05) is 60.7 Å². The summed E-state index contributed by atoms with van der Waals surface area (Å²) in [5.41, 5.74) is 31.1. The van der Waals surface area contributed by atoms with Gasteiger partial charge in [-0.25, -0.2) is 0 Å². The lowest BCUT2D eigenvalue weighted by Crippen LogP contribution is -2.30. The molecular weight excluding hydrogens is 1630 g/mol. The van der Waals surface area contributed by atoms with Gasteiger partial charge in [0.2, 0.25) is 0 Å². The lowest BCUT2D eigenvalue weighted by molar-refractivity contribution is 0.426. The summed E-state index contributed by atoms with van der Waals surface area (Å²) >= 11 is 9.09. The van der Waals surface area contributed by atoms with E-state index >= 15 is 0 Å².